The SMILES string of the molecule is Nc1nc(C(C=O)=NOc2ccc(Cl)cc2Cl)cs1. The lowest BCUT2D eigenvalue weighted by Crippen LogP contribution is -2.05. The molecule has 0 fully saturated rings. The van der Waals surface area contributed by atoms with Crippen molar-refractivity contribution in [3.05, 3.63) is 39.3 Å². The highest BCUT2D eigenvalue weighted by Crippen LogP contribution is 2.27. The van der Waals surface area contributed by atoms with E-state index < -0.39 is 0 Å². The first-order chi connectivity index (χ1) is 9.10. The second-order valence-corrected chi connectivity index (χ2v) is 5.06. The van der Waals surface area contributed by atoms with Crippen LogP contribution in [0.4, 0.5) is 5.13 Å². The molecule has 0 unspecified atom stereocenters. The smallest absolute Gasteiger partial charge is 0.180 e. The topological polar surface area (TPSA) is 77.6 Å². The Morgan fingerprint density at radius 2 is 2.26 bits per heavy atom. The summed E-state index contributed by atoms with van der Waals surface area (Å²) in [5.41, 5.74) is 5.86. The molecule has 0 atom stereocenters. The van der Waals surface area contributed by atoms with E-state index in [9.17, 15) is 4.79 Å². The zero-order valence-electron chi connectivity index (χ0n) is 9.34. The Morgan fingerprint density at radius 3 is 2.84 bits per heavy atom. The molecule has 0 aliphatic carbocycles. The number of thiazole rings is 1. The molecule has 2 N–H and O–H groups in total. The number of nitrogens with zero attached hydrogens (tertiary/aromatic N) is 2. The van der Waals surface area contributed by atoms with Crippen LogP contribution in [0, 0.1) is 0 Å². The van der Waals surface area contributed by atoms with E-state index in [1.54, 1.807) is 17.5 Å². The predicted molar refractivity (Wildman–Crippen MR) is 76.2 cm³/mol. The maximum atomic E-state index is 10.9. The van der Waals surface area contributed by atoms with E-state index in [1.165, 1.54) is 17.4 Å². The molecule has 1 aromatic carbocycles. The Morgan fingerprint density at radius 1 is 1.47 bits per heavy atom. The van der Waals surface area contributed by atoms with Crippen LogP contribution < -0.4 is 10.6 Å². The van der Waals surface area contributed by atoms with Crippen molar-refractivity contribution in [2.45, 2.75) is 0 Å². The molecule has 0 amide bonds. The van der Waals surface area contributed by atoms with Crippen LogP contribution in [0.15, 0.2) is 28.7 Å². The van der Waals surface area contributed by atoms with E-state index in [-0.39, 0.29) is 11.5 Å². The summed E-state index contributed by atoms with van der Waals surface area (Å²) in [7, 11) is 0. The van der Waals surface area contributed by atoms with E-state index in [0.29, 0.717) is 27.2 Å². The summed E-state index contributed by atoms with van der Waals surface area (Å²) in [6.45, 7) is 0. The summed E-state index contributed by atoms with van der Waals surface area (Å²) < 4.78 is 0. The number of carbonyl (C=O) groups excluding carboxylic acids is 1. The summed E-state index contributed by atoms with van der Waals surface area (Å²) in [6.07, 6.45) is 0.526. The first-order valence-electron chi connectivity index (χ1n) is 4.97. The maximum Gasteiger partial charge on any atom is 0.180 e. The van der Waals surface area contributed by atoms with Crippen LogP contribution >= 0.6 is 34.5 Å². The fourth-order valence-corrected chi connectivity index (χ4v) is 2.18. The summed E-state index contributed by atoms with van der Waals surface area (Å²) in [5, 5.41) is 6.41. The number of aldehydes is 1. The lowest BCUT2D eigenvalue weighted by molar-refractivity contribution is -0.102. The van der Waals surface area contributed by atoms with Crippen molar-refractivity contribution in [2.75, 3.05) is 5.73 Å². The van der Waals surface area contributed by atoms with E-state index in [1.807, 2.05) is 0 Å². The molecule has 0 aliphatic heterocycles. The van der Waals surface area contributed by atoms with Crippen molar-refractivity contribution < 1.29 is 9.63 Å². The van der Waals surface area contributed by atoms with Gasteiger partial charge in [-0.1, -0.05) is 28.4 Å². The summed E-state index contributed by atoms with van der Waals surface area (Å²) >= 11 is 12.9. The van der Waals surface area contributed by atoms with Crippen LogP contribution in [-0.4, -0.2) is 17.0 Å². The van der Waals surface area contributed by atoms with E-state index in [4.69, 9.17) is 33.8 Å². The van der Waals surface area contributed by atoms with Gasteiger partial charge in [0.25, 0.3) is 0 Å². The van der Waals surface area contributed by atoms with Gasteiger partial charge in [-0.05, 0) is 18.2 Å². The molecule has 0 saturated carbocycles. The molecule has 0 saturated heterocycles. The quantitative estimate of drug-likeness (QED) is 0.534. The molecular formula is C11H7Cl2N3O2S. The molecule has 0 bridgehead atoms. The zero-order chi connectivity index (χ0) is 13.8. The Kier molecular flexibility index (Phi) is 4.36. The minimum atomic E-state index is 0.0268. The first-order valence-corrected chi connectivity index (χ1v) is 6.60. The molecule has 0 spiro atoms. The van der Waals surface area contributed by atoms with Gasteiger partial charge in [-0.25, -0.2) is 4.98 Å². The van der Waals surface area contributed by atoms with Crippen molar-refractivity contribution in [1.82, 2.24) is 4.98 Å². The molecule has 8 heteroatoms. The van der Waals surface area contributed by atoms with Crippen molar-refractivity contribution in [3.63, 3.8) is 0 Å². The number of carbonyl (C=O) groups is 1. The largest absolute Gasteiger partial charge is 0.375 e. The second kappa shape index (κ2) is 6.01. The van der Waals surface area contributed by atoms with Gasteiger partial charge < -0.3 is 10.6 Å². The van der Waals surface area contributed by atoms with Gasteiger partial charge in [0.15, 0.2) is 22.9 Å². The summed E-state index contributed by atoms with van der Waals surface area (Å²) in [6, 6.07) is 4.65. The van der Waals surface area contributed by atoms with Crippen LogP contribution in [0.3, 0.4) is 0 Å². The maximum absolute atomic E-state index is 10.9. The molecule has 0 aliphatic rings. The Hall–Kier alpha value is -1.63. The molecule has 0 radical (unpaired) electrons. The zero-order valence-corrected chi connectivity index (χ0v) is 11.7. The second-order valence-electron chi connectivity index (χ2n) is 3.33. The third kappa shape index (κ3) is 3.44. The average Bonchev–Trinajstić information content (AvgIpc) is 2.79. The van der Waals surface area contributed by atoms with Crippen LogP contribution in [-0.2, 0) is 4.79 Å². The number of nitrogens with two attached hydrogens (primary N) is 1. The first kappa shape index (κ1) is 13.8. The van der Waals surface area contributed by atoms with Crippen LogP contribution in [0.1, 0.15) is 5.69 Å². The van der Waals surface area contributed by atoms with Crippen molar-refractivity contribution in [2.24, 2.45) is 5.16 Å². The fourth-order valence-electron chi connectivity index (χ4n) is 1.18. The van der Waals surface area contributed by atoms with Crippen LogP contribution in [0.25, 0.3) is 0 Å². The Bertz CT molecular complexity index is 643. The Labute approximate surface area is 122 Å². The molecule has 19 heavy (non-hydrogen) atoms. The van der Waals surface area contributed by atoms with Gasteiger partial charge in [0.1, 0.15) is 5.69 Å². The van der Waals surface area contributed by atoms with E-state index in [2.05, 4.69) is 10.1 Å². The molecule has 1 heterocycles. The summed E-state index contributed by atoms with van der Waals surface area (Å²) in [4.78, 5) is 20.0. The number of aromatic nitrogens is 1. The number of benzene rings is 1. The molecule has 98 valence electrons. The average molecular weight is 316 g/mol. The van der Waals surface area contributed by atoms with Gasteiger partial charge in [0, 0.05) is 10.4 Å². The van der Waals surface area contributed by atoms with Gasteiger partial charge in [-0.2, -0.15) is 0 Å². The molecular weight excluding hydrogens is 309 g/mol. The van der Waals surface area contributed by atoms with Gasteiger partial charge >= 0.3 is 0 Å². The van der Waals surface area contributed by atoms with Gasteiger partial charge in [-0.15, -0.1) is 11.3 Å². The van der Waals surface area contributed by atoms with Crippen molar-refractivity contribution >= 4 is 51.7 Å². The standard InChI is InChI=1S/C11H7Cl2N3O2S/c12-6-1-2-10(7(13)3-6)18-16-8(4-17)9-5-19-11(14)15-9/h1-5H,(H2,14,15). The number of hydrogen-bond acceptors (Lipinski definition) is 6. The highest BCUT2D eigenvalue weighted by molar-refractivity contribution is 7.13. The van der Waals surface area contributed by atoms with Crippen LogP contribution in [0.2, 0.25) is 10.0 Å². The highest BCUT2D eigenvalue weighted by Gasteiger charge is 2.09. The highest BCUT2D eigenvalue weighted by atomic mass is 35.5. The number of rotatable bonds is 4. The lowest BCUT2D eigenvalue weighted by Gasteiger charge is -2.02. The fraction of sp³-hybridized carbons (Fsp3) is 0. The predicted octanol–water partition coefficient (Wildman–Crippen LogP) is 3.01. The number of hydrogen-bond donors (Lipinski definition) is 1. The third-order valence-electron chi connectivity index (χ3n) is 2.03. The third-order valence-corrected chi connectivity index (χ3v) is 3.24. The van der Waals surface area contributed by atoms with E-state index in [0.717, 1.165) is 0 Å². The number of anilines is 1. The molecule has 1 aromatic heterocycles. The van der Waals surface area contributed by atoms with Gasteiger partial charge in [-0.3, -0.25) is 4.79 Å². The Balaban J connectivity index is 2.22. The van der Waals surface area contributed by atoms with E-state index >= 15 is 0 Å². The van der Waals surface area contributed by atoms with Gasteiger partial charge in [0.05, 0.1) is 5.02 Å². The molecule has 2 aromatic rings. The minimum Gasteiger partial charge on any atom is -0.375 e. The van der Waals surface area contributed by atoms with Crippen LogP contribution in [0.5, 0.6) is 5.75 Å². The monoisotopic (exact) mass is 315 g/mol. The molecule has 2 rings (SSSR count). The summed E-state index contributed by atoms with van der Waals surface area (Å²) in [5.74, 6) is 0.286. The van der Waals surface area contributed by atoms with Crippen molar-refractivity contribution in [3.8, 4) is 5.75 Å². The number of oxime groups is 1. The minimum absolute atomic E-state index is 0.0268. The molecule has 5 nitrogen and oxygen atoms in total. The number of nitrogen functional groups attached to an aromatic ring is 1. The van der Waals surface area contributed by atoms with Crippen molar-refractivity contribution in [1.29, 1.82) is 0 Å². The van der Waals surface area contributed by atoms with Gasteiger partial charge in [0.2, 0.25) is 0 Å². The normalized spacial score (nSPS) is 11.4. The lowest BCUT2D eigenvalue weighted by atomic mass is 10.3. The number of halogens is 2.